The van der Waals surface area contributed by atoms with Crippen molar-refractivity contribution in [1.29, 1.82) is 0 Å². The Morgan fingerprint density at radius 3 is 2.68 bits per heavy atom. The molecule has 6 atom stereocenters. The zero-order chi connectivity index (χ0) is 28.1. The molecule has 4 N–H and O–H groups in total. The van der Waals surface area contributed by atoms with E-state index in [9.17, 15) is 19.3 Å². The van der Waals surface area contributed by atoms with Gasteiger partial charge in [0.15, 0.2) is 12.4 Å². The van der Waals surface area contributed by atoms with Gasteiger partial charge in [0.25, 0.3) is 0 Å². The average molecular weight is 555 g/mol. The van der Waals surface area contributed by atoms with Crippen LogP contribution in [0.4, 0.5) is 10.2 Å². The molecule has 0 radical (unpaired) electrons. The van der Waals surface area contributed by atoms with E-state index in [1.807, 2.05) is 0 Å². The third-order valence-corrected chi connectivity index (χ3v) is 6.79. The molecule has 2 heterocycles. The fraction of sp³-hybridized carbons (Fsp3) is 0.476. The van der Waals surface area contributed by atoms with E-state index in [0.717, 1.165) is 6.20 Å². The van der Waals surface area contributed by atoms with E-state index in [1.54, 1.807) is 32.0 Å². The van der Waals surface area contributed by atoms with Crippen LogP contribution in [0, 0.1) is 0 Å². The Hall–Kier alpha value is -3.52. The number of benzene rings is 1. The lowest BCUT2D eigenvalue weighted by atomic mass is 10.1. The number of azide groups is 1. The number of aromatic nitrogens is 2. The quantitative estimate of drug-likeness (QED) is 0.120. The number of para-hydroxylation sites is 1. The van der Waals surface area contributed by atoms with Crippen LogP contribution in [-0.2, 0) is 23.4 Å². The SMILES string of the molecule is CC(C)OC(=O)[C@H](C)N[P@](=O)(OC[C@@]1(N=[N+]=[N-])O[C@@H](n2ccc(N)nc2=O)[C@@H](F)[C@@H]1O)Oc1ccccc1. The monoisotopic (exact) mass is 555 g/mol. The number of aliphatic hydroxyl groups is 1. The van der Waals surface area contributed by atoms with Gasteiger partial charge >= 0.3 is 19.4 Å². The molecular weight excluding hydrogens is 528 g/mol. The number of anilines is 1. The van der Waals surface area contributed by atoms with Gasteiger partial charge < -0.3 is 24.8 Å². The van der Waals surface area contributed by atoms with Gasteiger partial charge in [-0.3, -0.25) is 13.9 Å². The van der Waals surface area contributed by atoms with Crippen molar-refractivity contribution in [2.24, 2.45) is 5.11 Å². The van der Waals surface area contributed by atoms with E-state index < -0.39 is 62.4 Å². The van der Waals surface area contributed by atoms with Crippen molar-refractivity contribution < 1.29 is 37.4 Å². The maximum atomic E-state index is 15.2. The second-order valence-corrected chi connectivity index (χ2v) is 10.2. The number of hydrogen-bond acceptors (Lipinski definition) is 11. The molecule has 206 valence electrons. The Balaban J connectivity index is 1.90. The first-order chi connectivity index (χ1) is 17.9. The van der Waals surface area contributed by atoms with E-state index >= 15 is 4.39 Å². The number of alkyl halides is 1. The normalized spacial score (nSPS) is 25.3. The molecule has 0 unspecified atom stereocenters. The summed E-state index contributed by atoms with van der Waals surface area (Å²) in [7, 11) is -4.51. The molecule has 0 bridgehead atoms. The summed E-state index contributed by atoms with van der Waals surface area (Å²) >= 11 is 0. The third-order valence-electron chi connectivity index (χ3n) is 5.17. The molecule has 1 aliphatic rings. The van der Waals surface area contributed by atoms with Crippen molar-refractivity contribution in [2.45, 2.75) is 57.1 Å². The summed E-state index contributed by atoms with van der Waals surface area (Å²) in [6, 6.07) is 7.72. The van der Waals surface area contributed by atoms with Crippen molar-refractivity contribution in [3.05, 3.63) is 63.5 Å². The predicted molar refractivity (Wildman–Crippen MR) is 130 cm³/mol. The molecule has 0 aliphatic carbocycles. The molecule has 1 aromatic carbocycles. The molecule has 0 saturated carbocycles. The summed E-state index contributed by atoms with van der Waals surface area (Å²) in [6.07, 6.45) is -5.69. The predicted octanol–water partition coefficient (Wildman–Crippen LogP) is 2.19. The number of rotatable bonds is 11. The zero-order valence-electron chi connectivity index (χ0n) is 20.6. The number of esters is 1. The molecule has 0 amide bonds. The lowest BCUT2D eigenvalue weighted by Crippen LogP contribution is -2.45. The van der Waals surface area contributed by atoms with E-state index in [-0.39, 0.29) is 11.6 Å². The Labute approximate surface area is 215 Å². The molecule has 1 aliphatic heterocycles. The lowest BCUT2D eigenvalue weighted by molar-refractivity contribution is -0.149. The largest absolute Gasteiger partial charge is 0.462 e. The third kappa shape index (κ3) is 6.67. The smallest absolute Gasteiger partial charge is 0.459 e. The maximum absolute atomic E-state index is 15.2. The highest BCUT2D eigenvalue weighted by molar-refractivity contribution is 7.52. The van der Waals surface area contributed by atoms with Crippen LogP contribution in [0.3, 0.4) is 0 Å². The molecule has 15 nitrogen and oxygen atoms in total. The van der Waals surface area contributed by atoms with Crippen LogP contribution in [0.15, 0.2) is 52.5 Å². The molecule has 38 heavy (non-hydrogen) atoms. The van der Waals surface area contributed by atoms with E-state index in [2.05, 4.69) is 20.1 Å². The Morgan fingerprint density at radius 2 is 2.08 bits per heavy atom. The fourth-order valence-corrected chi connectivity index (χ4v) is 4.91. The van der Waals surface area contributed by atoms with Crippen molar-refractivity contribution >= 4 is 19.5 Å². The molecule has 1 fully saturated rings. The first kappa shape index (κ1) is 29.0. The Morgan fingerprint density at radius 1 is 1.39 bits per heavy atom. The van der Waals surface area contributed by atoms with Crippen LogP contribution < -0.4 is 21.0 Å². The van der Waals surface area contributed by atoms with Crippen LogP contribution in [0.5, 0.6) is 5.75 Å². The summed E-state index contributed by atoms with van der Waals surface area (Å²) in [4.78, 5) is 30.6. The first-order valence-electron chi connectivity index (χ1n) is 11.3. The van der Waals surface area contributed by atoms with Crippen LogP contribution in [0.25, 0.3) is 10.4 Å². The Kier molecular flexibility index (Phi) is 9.09. The van der Waals surface area contributed by atoms with Crippen LogP contribution in [-0.4, -0.2) is 57.4 Å². The summed E-state index contributed by atoms with van der Waals surface area (Å²) in [5, 5.41) is 16.4. The summed E-state index contributed by atoms with van der Waals surface area (Å²) < 4.78 is 51.1. The number of hydrogen-bond donors (Lipinski definition) is 3. The van der Waals surface area contributed by atoms with Gasteiger partial charge in [-0.15, -0.1) is 0 Å². The summed E-state index contributed by atoms with van der Waals surface area (Å²) in [6.45, 7) is 3.56. The van der Waals surface area contributed by atoms with Crippen molar-refractivity contribution in [3.8, 4) is 5.75 Å². The van der Waals surface area contributed by atoms with Gasteiger partial charge in [0.05, 0.1) is 12.7 Å². The van der Waals surface area contributed by atoms with Gasteiger partial charge in [-0.2, -0.15) is 10.1 Å². The van der Waals surface area contributed by atoms with Crippen LogP contribution in [0.2, 0.25) is 0 Å². The molecule has 3 rings (SSSR count). The highest BCUT2D eigenvalue weighted by Crippen LogP contribution is 2.48. The van der Waals surface area contributed by atoms with Gasteiger partial charge in [-0.05, 0) is 44.5 Å². The van der Waals surface area contributed by atoms with Crippen molar-refractivity contribution in [2.75, 3.05) is 12.3 Å². The van der Waals surface area contributed by atoms with Gasteiger partial charge in [-0.25, -0.2) is 13.8 Å². The van der Waals surface area contributed by atoms with E-state index in [1.165, 1.54) is 25.1 Å². The number of halogens is 1. The van der Waals surface area contributed by atoms with Crippen molar-refractivity contribution in [1.82, 2.24) is 14.6 Å². The second kappa shape index (κ2) is 11.9. The van der Waals surface area contributed by atoms with E-state index in [4.69, 9.17) is 29.8 Å². The fourth-order valence-electron chi connectivity index (χ4n) is 3.40. The second-order valence-electron chi connectivity index (χ2n) is 8.49. The summed E-state index contributed by atoms with van der Waals surface area (Å²) in [5.74, 6) is -0.847. The average Bonchev–Trinajstić information content (AvgIpc) is 3.09. The number of carbonyl (C=O) groups is 1. The van der Waals surface area contributed by atoms with E-state index in [0.29, 0.717) is 4.57 Å². The highest BCUT2D eigenvalue weighted by Gasteiger charge is 2.57. The van der Waals surface area contributed by atoms with Gasteiger partial charge in [0.2, 0.25) is 5.72 Å². The minimum absolute atomic E-state index is 0.0687. The zero-order valence-corrected chi connectivity index (χ0v) is 21.5. The standard InChI is InChI=1S/C21H27FN7O8P/c1-12(2)35-19(31)13(3)26-38(33,37-14-7-5-4-6-8-14)34-11-21(27-28-24)17(30)16(22)18(36-21)29-10-9-15(23)25-20(29)32/h4-10,12-13,16-18,30H,11H2,1-3H3,(H,26,33)(H2,23,25,32)/t13-,16-,17-,18+,21+,38-/m0/s1. The number of nitrogens with one attached hydrogen (secondary N) is 1. The number of nitrogen functional groups attached to an aromatic ring is 1. The lowest BCUT2D eigenvalue weighted by Gasteiger charge is -2.29. The van der Waals surface area contributed by atoms with Gasteiger partial charge in [0.1, 0.15) is 23.7 Å². The summed E-state index contributed by atoms with van der Waals surface area (Å²) in [5.41, 5.74) is 11.1. The van der Waals surface area contributed by atoms with Crippen LogP contribution >= 0.6 is 7.75 Å². The molecule has 0 spiro atoms. The number of carbonyl (C=O) groups excluding carboxylic acids is 1. The Bertz CT molecular complexity index is 1290. The first-order valence-corrected chi connectivity index (χ1v) is 12.8. The number of ether oxygens (including phenoxy) is 2. The molecule has 1 aromatic heterocycles. The highest BCUT2D eigenvalue weighted by atomic mass is 31.2. The van der Waals surface area contributed by atoms with Gasteiger partial charge in [-0.1, -0.05) is 23.3 Å². The molecular formula is C21H27FN7O8P. The van der Waals surface area contributed by atoms with Gasteiger partial charge in [0, 0.05) is 11.1 Å². The maximum Gasteiger partial charge on any atom is 0.459 e. The van der Waals surface area contributed by atoms with Crippen molar-refractivity contribution in [3.63, 3.8) is 0 Å². The molecule has 2 aromatic rings. The number of nitrogens with two attached hydrogens (primary N) is 1. The molecule has 17 heteroatoms. The number of aliphatic hydroxyl groups excluding tert-OH is 1. The topological polar surface area (TPSA) is 213 Å². The minimum Gasteiger partial charge on any atom is -0.462 e. The molecule has 1 saturated heterocycles. The number of nitrogens with zero attached hydrogens (tertiary/aromatic N) is 5. The van der Waals surface area contributed by atoms with Crippen LogP contribution in [0.1, 0.15) is 27.0 Å². The minimum atomic E-state index is -4.51.